The predicted molar refractivity (Wildman–Crippen MR) is 102 cm³/mol. The molecule has 136 valence electrons. The number of likely N-dealkylation sites (N-methyl/N-ethyl adjacent to an activating group) is 1. The number of aromatic amines is 1. The van der Waals surface area contributed by atoms with E-state index in [1.807, 2.05) is 27.0 Å². The second-order valence-corrected chi connectivity index (χ2v) is 6.87. The molecule has 0 aliphatic heterocycles. The molecule has 1 unspecified atom stereocenters. The van der Waals surface area contributed by atoms with Gasteiger partial charge in [0.25, 0.3) is 5.91 Å². The van der Waals surface area contributed by atoms with Gasteiger partial charge in [0.2, 0.25) is 5.91 Å². The highest BCUT2D eigenvalue weighted by atomic mass is 32.2. The van der Waals surface area contributed by atoms with Gasteiger partial charge in [0, 0.05) is 5.69 Å². The van der Waals surface area contributed by atoms with Crippen LogP contribution < -0.4 is 11.1 Å². The van der Waals surface area contributed by atoms with Gasteiger partial charge in [0.1, 0.15) is 5.82 Å². The Hall–Kier alpha value is -1.47. The maximum absolute atomic E-state index is 12.6. The van der Waals surface area contributed by atoms with E-state index in [0.717, 1.165) is 42.9 Å². The molecular formula is C17H30N4O2S. The van der Waals surface area contributed by atoms with Crippen molar-refractivity contribution in [3.63, 3.8) is 0 Å². The van der Waals surface area contributed by atoms with Crippen LogP contribution in [0.4, 0.5) is 5.82 Å². The lowest BCUT2D eigenvalue weighted by molar-refractivity contribution is -0.120. The Labute approximate surface area is 148 Å². The maximum atomic E-state index is 12.6. The quantitative estimate of drug-likeness (QED) is 0.602. The molecule has 0 saturated carbocycles. The molecule has 6 nitrogen and oxygen atoms in total. The third-order valence-electron chi connectivity index (χ3n) is 4.25. The van der Waals surface area contributed by atoms with E-state index in [1.54, 1.807) is 11.8 Å². The first kappa shape index (κ1) is 20.6. The summed E-state index contributed by atoms with van der Waals surface area (Å²) < 4.78 is 0. The van der Waals surface area contributed by atoms with Crippen LogP contribution in [0.2, 0.25) is 0 Å². The first-order valence-corrected chi connectivity index (χ1v) is 9.81. The lowest BCUT2D eigenvalue weighted by atomic mass is 10.1. The Morgan fingerprint density at radius 2 is 2.04 bits per heavy atom. The van der Waals surface area contributed by atoms with Gasteiger partial charge in [-0.3, -0.25) is 14.5 Å². The van der Waals surface area contributed by atoms with Crippen LogP contribution in [-0.2, 0) is 11.2 Å². The van der Waals surface area contributed by atoms with E-state index in [-0.39, 0.29) is 11.9 Å². The van der Waals surface area contributed by atoms with Crippen molar-refractivity contribution in [3.8, 4) is 0 Å². The zero-order chi connectivity index (χ0) is 18.3. The van der Waals surface area contributed by atoms with Gasteiger partial charge in [-0.1, -0.05) is 13.8 Å². The van der Waals surface area contributed by atoms with E-state index < -0.39 is 5.91 Å². The Balaban J connectivity index is 3.00. The molecule has 1 aromatic heterocycles. The fraction of sp³-hybridized carbons (Fsp3) is 0.647. The molecule has 4 N–H and O–H groups in total. The summed E-state index contributed by atoms with van der Waals surface area (Å²) in [6.45, 7) is 9.52. The minimum atomic E-state index is -0.525. The number of carbonyl (C=O) groups excluding carboxylic acids is 2. The van der Waals surface area contributed by atoms with E-state index in [9.17, 15) is 9.59 Å². The van der Waals surface area contributed by atoms with Gasteiger partial charge < -0.3 is 16.0 Å². The molecule has 24 heavy (non-hydrogen) atoms. The number of aryl methyl sites for hydroxylation is 1. The summed E-state index contributed by atoms with van der Waals surface area (Å²) in [5.41, 5.74) is 7.66. The van der Waals surface area contributed by atoms with Crippen LogP contribution in [0.3, 0.4) is 0 Å². The monoisotopic (exact) mass is 354 g/mol. The van der Waals surface area contributed by atoms with Crippen molar-refractivity contribution >= 4 is 29.4 Å². The molecule has 0 aromatic carbocycles. The molecule has 0 aliphatic rings. The van der Waals surface area contributed by atoms with Crippen molar-refractivity contribution < 1.29 is 9.59 Å². The first-order valence-electron chi connectivity index (χ1n) is 8.42. The van der Waals surface area contributed by atoms with Crippen LogP contribution in [0.15, 0.2) is 0 Å². The number of carbonyl (C=O) groups is 2. The molecule has 2 amide bonds. The maximum Gasteiger partial charge on any atom is 0.252 e. The summed E-state index contributed by atoms with van der Waals surface area (Å²) in [5, 5.41) is 2.86. The molecule has 0 saturated heterocycles. The van der Waals surface area contributed by atoms with Gasteiger partial charge in [0.15, 0.2) is 0 Å². The molecular weight excluding hydrogens is 324 g/mol. The molecule has 0 radical (unpaired) electrons. The molecule has 0 fully saturated rings. The average molecular weight is 355 g/mol. The number of H-pyrrole nitrogens is 1. The fourth-order valence-corrected chi connectivity index (χ4v) is 3.22. The largest absolute Gasteiger partial charge is 0.365 e. The lowest BCUT2D eigenvalue weighted by Gasteiger charge is -2.26. The third-order valence-corrected chi connectivity index (χ3v) is 4.86. The Morgan fingerprint density at radius 1 is 1.38 bits per heavy atom. The van der Waals surface area contributed by atoms with Gasteiger partial charge in [0.05, 0.1) is 11.6 Å². The van der Waals surface area contributed by atoms with E-state index in [1.165, 1.54) is 0 Å². The standard InChI is InChI=1S/C17H30N4O2S/c1-6-9-21(7-2)12(4)17(23)20-16-14(15(18)22)11(3)13(19-16)8-10-24-5/h12,19H,6-10H2,1-5H3,(H2,18,22)(H,20,23). The van der Waals surface area contributed by atoms with Crippen molar-refractivity contribution in [3.05, 3.63) is 16.8 Å². The molecule has 1 rings (SSSR count). The van der Waals surface area contributed by atoms with Gasteiger partial charge in [-0.25, -0.2) is 0 Å². The Bertz CT molecular complexity index is 571. The van der Waals surface area contributed by atoms with Crippen molar-refractivity contribution in [1.29, 1.82) is 0 Å². The van der Waals surface area contributed by atoms with Crippen molar-refractivity contribution in [2.75, 3.05) is 30.4 Å². The summed E-state index contributed by atoms with van der Waals surface area (Å²) in [5.74, 6) is 0.692. The van der Waals surface area contributed by atoms with Crippen LogP contribution >= 0.6 is 11.8 Å². The molecule has 1 atom stereocenters. The number of hydrogen-bond donors (Lipinski definition) is 3. The van der Waals surface area contributed by atoms with Gasteiger partial charge >= 0.3 is 0 Å². The first-order chi connectivity index (χ1) is 11.4. The number of primary amides is 1. The van der Waals surface area contributed by atoms with E-state index in [0.29, 0.717) is 11.4 Å². The normalized spacial score (nSPS) is 12.4. The number of thioether (sulfide) groups is 1. The average Bonchev–Trinajstić information content (AvgIpc) is 2.85. The minimum Gasteiger partial charge on any atom is -0.365 e. The fourth-order valence-electron chi connectivity index (χ4n) is 2.81. The van der Waals surface area contributed by atoms with Crippen LogP contribution in [0.25, 0.3) is 0 Å². The molecule has 1 heterocycles. The smallest absolute Gasteiger partial charge is 0.252 e. The minimum absolute atomic E-state index is 0.134. The third kappa shape index (κ3) is 5.01. The molecule has 0 aliphatic carbocycles. The molecule has 0 bridgehead atoms. The highest BCUT2D eigenvalue weighted by molar-refractivity contribution is 7.98. The van der Waals surface area contributed by atoms with Crippen LogP contribution in [0, 0.1) is 6.92 Å². The number of nitrogens with zero attached hydrogens (tertiary/aromatic N) is 1. The van der Waals surface area contributed by atoms with Crippen molar-refractivity contribution in [2.24, 2.45) is 5.73 Å². The molecule has 7 heteroatoms. The number of hydrogen-bond acceptors (Lipinski definition) is 4. The Kier molecular flexibility index (Phi) is 8.35. The SMILES string of the molecule is CCCN(CC)C(C)C(=O)Nc1[nH]c(CCSC)c(C)c1C(N)=O. The van der Waals surface area contributed by atoms with Crippen LogP contribution in [0.1, 0.15) is 48.8 Å². The lowest BCUT2D eigenvalue weighted by Crippen LogP contribution is -2.42. The number of amides is 2. The van der Waals surface area contributed by atoms with E-state index in [4.69, 9.17) is 5.73 Å². The zero-order valence-electron chi connectivity index (χ0n) is 15.4. The van der Waals surface area contributed by atoms with Gasteiger partial charge in [-0.15, -0.1) is 0 Å². The molecule has 0 spiro atoms. The summed E-state index contributed by atoms with van der Waals surface area (Å²) >= 11 is 1.73. The summed E-state index contributed by atoms with van der Waals surface area (Å²) in [4.78, 5) is 29.7. The van der Waals surface area contributed by atoms with Gasteiger partial charge in [-0.05, 0) is 57.4 Å². The highest BCUT2D eigenvalue weighted by Gasteiger charge is 2.24. The van der Waals surface area contributed by atoms with E-state index in [2.05, 4.69) is 22.1 Å². The van der Waals surface area contributed by atoms with Crippen molar-refractivity contribution in [1.82, 2.24) is 9.88 Å². The van der Waals surface area contributed by atoms with E-state index >= 15 is 0 Å². The number of aromatic nitrogens is 1. The second kappa shape index (κ2) is 9.74. The Morgan fingerprint density at radius 3 is 2.54 bits per heavy atom. The number of nitrogens with one attached hydrogen (secondary N) is 2. The topological polar surface area (TPSA) is 91.2 Å². The summed E-state index contributed by atoms with van der Waals surface area (Å²) in [6, 6.07) is -0.270. The van der Waals surface area contributed by atoms with Crippen LogP contribution in [-0.4, -0.2) is 52.8 Å². The number of nitrogens with two attached hydrogens (primary N) is 1. The highest BCUT2D eigenvalue weighted by Crippen LogP contribution is 2.24. The molecule has 1 aromatic rings. The summed E-state index contributed by atoms with van der Waals surface area (Å²) in [7, 11) is 0. The number of anilines is 1. The van der Waals surface area contributed by atoms with Gasteiger partial charge in [-0.2, -0.15) is 11.8 Å². The predicted octanol–water partition coefficient (Wildman–Crippen LogP) is 2.39. The number of rotatable bonds is 10. The second-order valence-electron chi connectivity index (χ2n) is 5.88. The summed E-state index contributed by atoms with van der Waals surface area (Å²) in [6.07, 6.45) is 3.82. The van der Waals surface area contributed by atoms with Crippen molar-refractivity contribution in [2.45, 2.75) is 46.6 Å². The van der Waals surface area contributed by atoms with Crippen LogP contribution in [0.5, 0.6) is 0 Å². The zero-order valence-corrected chi connectivity index (χ0v) is 16.2.